The summed E-state index contributed by atoms with van der Waals surface area (Å²) < 4.78 is 5.58. The Morgan fingerprint density at radius 2 is 2.18 bits per heavy atom. The van der Waals surface area contributed by atoms with E-state index in [9.17, 15) is 4.79 Å². The number of hydrogen-bond acceptors (Lipinski definition) is 5. The van der Waals surface area contributed by atoms with Crippen molar-refractivity contribution in [3.8, 4) is 11.5 Å². The van der Waals surface area contributed by atoms with Gasteiger partial charge in [0.2, 0.25) is 11.8 Å². The van der Waals surface area contributed by atoms with Crippen molar-refractivity contribution < 1.29 is 9.21 Å². The molecule has 1 heterocycles. The van der Waals surface area contributed by atoms with Gasteiger partial charge in [0.1, 0.15) is 0 Å². The number of carbonyl (C=O) groups excluding carboxylic acids is 1. The largest absolute Gasteiger partial charge is 0.411 e. The molecule has 1 amide bonds. The normalized spacial score (nSPS) is 10.9. The average Bonchev–Trinajstić information content (AvgIpc) is 2.93. The zero-order valence-corrected chi connectivity index (χ0v) is 13.9. The average molecular weight is 319 g/mol. The number of nitrogens with zero attached hydrogens (tertiary/aromatic N) is 2. The minimum absolute atomic E-state index is 0.0130. The first-order valence-corrected chi connectivity index (χ1v) is 8.33. The number of aromatic nitrogens is 2. The lowest BCUT2D eigenvalue weighted by Crippen LogP contribution is -2.26. The Balaban J connectivity index is 1.83. The third-order valence-corrected chi connectivity index (χ3v) is 3.86. The summed E-state index contributed by atoms with van der Waals surface area (Å²) in [7, 11) is 0. The number of hydrogen-bond donors (Lipinski definition) is 1. The van der Waals surface area contributed by atoms with E-state index in [1.54, 1.807) is 0 Å². The van der Waals surface area contributed by atoms with Gasteiger partial charge in [0, 0.05) is 12.1 Å². The summed E-state index contributed by atoms with van der Waals surface area (Å²) in [6, 6.07) is 7.87. The molecule has 22 heavy (non-hydrogen) atoms. The lowest BCUT2D eigenvalue weighted by molar-refractivity contribution is -0.118. The number of benzene rings is 1. The molecule has 0 spiro atoms. The van der Waals surface area contributed by atoms with E-state index in [1.165, 1.54) is 11.8 Å². The molecule has 1 aromatic heterocycles. The van der Waals surface area contributed by atoms with Crippen LogP contribution in [0.4, 0.5) is 0 Å². The molecule has 118 valence electrons. The molecule has 0 aliphatic heterocycles. The third kappa shape index (κ3) is 5.18. The number of thioether (sulfide) groups is 1. The fourth-order valence-corrected chi connectivity index (χ4v) is 2.43. The van der Waals surface area contributed by atoms with E-state index in [-0.39, 0.29) is 11.7 Å². The van der Waals surface area contributed by atoms with Crippen LogP contribution in [0.25, 0.3) is 11.5 Å². The van der Waals surface area contributed by atoms with Gasteiger partial charge in [0.25, 0.3) is 5.22 Å². The van der Waals surface area contributed by atoms with Crippen molar-refractivity contribution in [2.24, 2.45) is 5.92 Å². The second kappa shape index (κ2) is 7.98. The molecule has 1 N–H and O–H groups in total. The molecule has 6 heteroatoms. The summed E-state index contributed by atoms with van der Waals surface area (Å²) in [6.45, 7) is 6.98. The Hall–Kier alpha value is -1.82. The molecule has 0 atom stereocenters. The van der Waals surface area contributed by atoms with E-state index in [0.717, 1.165) is 17.5 Å². The van der Waals surface area contributed by atoms with Crippen LogP contribution in [0.15, 0.2) is 33.9 Å². The Morgan fingerprint density at radius 1 is 1.36 bits per heavy atom. The van der Waals surface area contributed by atoms with Crippen molar-refractivity contribution in [3.05, 3.63) is 29.8 Å². The zero-order chi connectivity index (χ0) is 15.9. The standard InChI is InChI=1S/C16H21N3O2S/c1-11(2)7-8-17-14(20)10-22-16-19-18-15(21-16)13-6-4-5-12(3)9-13/h4-6,9,11H,7-8,10H2,1-3H3,(H,17,20). The van der Waals surface area contributed by atoms with Gasteiger partial charge in [-0.1, -0.05) is 43.3 Å². The van der Waals surface area contributed by atoms with Gasteiger partial charge in [-0.25, -0.2) is 0 Å². The molecule has 0 unspecified atom stereocenters. The minimum Gasteiger partial charge on any atom is -0.411 e. The maximum absolute atomic E-state index is 11.7. The molecule has 0 aliphatic rings. The van der Waals surface area contributed by atoms with Gasteiger partial charge in [-0.15, -0.1) is 10.2 Å². The molecule has 0 fully saturated rings. The van der Waals surface area contributed by atoms with E-state index >= 15 is 0 Å². The van der Waals surface area contributed by atoms with E-state index in [2.05, 4.69) is 29.4 Å². The Bertz CT molecular complexity index is 625. The number of rotatable bonds is 7. The summed E-state index contributed by atoms with van der Waals surface area (Å²) in [5.74, 6) is 1.33. The first kappa shape index (κ1) is 16.5. The van der Waals surface area contributed by atoms with Crippen LogP contribution in [0.3, 0.4) is 0 Å². The van der Waals surface area contributed by atoms with Crippen molar-refractivity contribution >= 4 is 17.7 Å². The smallest absolute Gasteiger partial charge is 0.277 e. The van der Waals surface area contributed by atoms with Crippen LogP contribution in [-0.4, -0.2) is 28.4 Å². The van der Waals surface area contributed by atoms with E-state index in [0.29, 0.717) is 23.6 Å². The highest BCUT2D eigenvalue weighted by Gasteiger charge is 2.11. The molecule has 1 aromatic carbocycles. The van der Waals surface area contributed by atoms with Crippen molar-refractivity contribution in [1.82, 2.24) is 15.5 Å². The summed E-state index contributed by atoms with van der Waals surface area (Å²) >= 11 is 1.25. The van der Waals surface area contributed by atoms with E-state index in [4.69, 9.17) is 4.42 Å². The topological polar surface area (TPSA) is 68.0 Å². The first-order valence-electron chi connectivity index (χ1n) is 7.34. The number of carbonyl (C=O) groups is 1. The number of amides is 1. The predicted molar refractivity (Wildman–Crippen MR) is 87.7 cm³/mol. The molecular weight excluding hydrogens is 298 g/mol. The molecular formula is C16H21N3O2S. The maximum Gasteiger partial charge on any atom is 0.277 e. The van der Waals surface area contributed by atoms with Crippen LogP contribution < -0.4 is 5.32 Å². The Morgan fingerprint density at radius 3 is 2.91 bits per heavy atom. The predicted octanol–water partition coefficient (Wildman–Crippen LogP) is 3.30. The highest BCUT2D eigenvalue weighted by molar-refractivity contribution is 7.99. The Labute approximate surface area is 134 Å². The molecule has 2 aromatic rings. The third-order valence-electron chi connectivity index (χ3n) is 3.04. The van der Waals surface area contributed by atoms with Crippen LogP contribution >= 0.6 is 11.8 Å². The van der Waals surface area contributed by atoms with Crippen molar-refractivity contribution in [1.29, 1.82) is 0 Å². The molecule has 0 saturated heterocycles. The van der Waals surface area contributed by atoms with Gasteiger partial charge in [-0.05, 0) is 31.4 Å². The molecule has 0 bridgehead atoms. The maximum atomic E-state index is 11.7. The second-order valence-electron chi connectivity index (χ2n) is 5.56. The van der Waals surface area contributed by atoms with Gasteiger partial charge in [-0.3, -0.25) is 4.79 Å². The molecule has 0 aliphatic carbocycles. The van der Waals surface area contributed by atoms with Crippen molar-refractivity contribution in [2.45, 2.75) is 32.4 Å². The second-order valence-corrected chi connectivity index (χ2v) is 6.49. The summed E-state index contributed by atoms with van der Waals surface area (Å²) in [4.78, 5) is 11.7. The molecule has 2 rings (SSSR count). The fraction of sp³-hybridized carbons (Fsp3) is 0.438. The monoisotopic (exact) mass is 319 g/mol. The lowest BCUT2D eigenvalue weighted by atomic mass is 10.1. The SMILES string of the molecule is Cc1cccc(-c2nnc(SCC(=O)NCCC(C)C)o2)c1. The molecule has 0 radical (unpaired) electrons. The zero-order valence-electron chi connectivity index (χ0n) is 13.1. The van der Waals surface area contributed by atoms with Crippen LogP contribution in [0.5, 0.6) is 0 Å². The number of aryl methyl sites for hydroxylation is 1. The molecule has 0 saturated carbocycles. The van der Waals surface area contributed by atoms with Gasteiger partial charge in [0.15, 0.2) is 0 Å². The van der Waals surface area contributed by atoms with Gasteiger partial charge in [-0.2, -0.15) is 0 Å². The van der Waals surface area contributed by atoms with Crippen LogP contribution in [0, 0.1) is 12.8 Å². The lowest BCUT2D eigenvalue weighted by Gasteiger charge is -2.05. The van der Waals surface area contributed by atoms with Crippen LogP contribution in [0.2, 0.25) is 0 Å². The van der Waals surface area contributed by atoms with Gasteiger partial charge in [0.05, 0.1) is 5.75 Å². The first-order chi connectivity index (χ1) is 10.5. The van der Waals surface area contributed by atoms with Crippen molar-refractivity contribution in [2.75, 3.05) is 12.3 Å². The summed E-state index contributed by atoms with van der Waals surface area (Å²) in [5, 5.41) is 11.3. The molecule has 5 nitrogen and oxygen atoms in total. The quantitative estimate of drug-likeness (QED) is 0.793. The van der Waals surface area contributed by atoms with Gasteiger partial charge >= 0.3 is 0 Å². The Kier molecular flexibility index (Phi) is 6.00. The summed E-state index contributed by atoms with van der Waals surface area (Å²) in [6.07, 6.45) is 0.981. The van der Waals surface area contributed by atoms with Gasteiger partial charge < -0.3 is 9.73 Å². The van der Waals surface area contributed by atoms with Crippen LogP contribution in [0.1, 0.15) is 25.8 Å². The van der Waals surface area contributed by atoms with E-state index in [1.807, 2.05) is 31.2 Å². The number of nitrogens with one attached hydrogen (secondary N) is 1. The minimum atomic E-state index is -0.0130. The van der Waals surface area contributed by atoms with Crippen LogP contribution in [-0.2, 0) is 4.79 Å². The van der Waals surface area contributed by atoms with E-state index < -0.39 is 0 Å². The fourth-order valence-electron chi connectivity index (χ4n) is 1.84. The highest BCUT2D eigenvalue weighted by Crippen LogP contribution is 2.23. The van der Waals surface area contributed by atoms with Crippen molar-refractivity contribution in [3.63, 3.8) is 0 Å². The summed E-state index contributed by atoms with van der Waals surface area (Å²) in [5.41, 5.74) is 2.02. The highest BCUT2D eigenvalue weighted by atomic mass is 32.2.